The summed E-state index contributed by atoms with van der Waals surface area (Å²) in [5, 5.41) is 0. The number of ether oxygens (including phenoxy) is 2. The quantitative estimate of drug-likeness (QED) is 0.434. The Bertz CT molecular complexity index is 127. The van der Waals surface area contributed by atoms with Crippen molar-refractivity contribution in [3.8, 4) is 0 Å². The van der Waals surface area contributed by atoms with E-state index >= 15 is 0 Å². The molecule has 80 valence electrons. The van der Waals surface area contributed by atoms with Crippen molar-refractivity contribution in [2.24, 2.45) is 11.8 Å². The normalized spacial score (nSPS) is 19.4. The van der Waals surface area contributed by atoms with Gasteiger partial charge in [0, 0.05) is 0 Å². The van der Waals surface area contributed by atoms with Crippen molar-refractivity contribution in [3.63, 3.8) is 0 Å². The van der Waals surface area contributed by atoms with E-state index in [9.17, 15) is 0 Å². The fourth-order valence-corrected chi connectivity index (χ4v) is 1.58. The van der Waals surface area contributed by atoms with E-state index in [2.05, 4.69) is 40.5 Å². The van der Waals surface area contributed by atoms with E-state index in [1.807, 2.05) is 0 Å². The Labute approximate surface area is 108 Å². The Kier molecular flexibility index (Phi) is 10.4. The Hall–Kier alpha value is 1.27. The van der Waals surface area contributed by atoms with Crippen LogP contribution in [0.3, 0.4) is 0 Å². The third-order valence-corrected chi connectivity index (χ3v) is 2.02. The molecule has 1 aliphatic rings. The molecule has 0 bridgehead atoms. The van der Waals surface area contributed by atoms with Gasteiger partial charge in [0.25, 0.3) is 0 Å². The molecule has 0 unspecified atom stereocenters. The minimum atomic E-state index is 0.0197. The first kappa shape index (κ1) is 15.3. The molecule has 0 N–H and O–H groups in total. The monoisotopic (exact) mass is 362 g/mol. The van der Waals surface area contributed by atoms with Crippen LogP contribution in [0.2, 0.25) is 0 Å². The summed E-state index contributed by atoms with van der Waals surface area (Å²) in [6.07, 6.45) is 2.12. The average molecular weight is 364 g/mol. The summed E-state index contributed by atoms with van der Waals surface area (Å²) in [5.74, 6) is 1.18. The van der Waals surface area contributed by atoms with Crippen LogP contribution in [-0.2, 0) is 24.3 Å². The SMILES string of the molecule is [CH2-][C@H](CC(C)C)CC1OCCO1.[Zn+][I]. The number of halogens is 1. The molecule has 4 heteroatoms. The Morgan fingerprint density at radius 1 is 1.36 bits per heavy atom. The molecule has 0 amide bonds. The van der Waals surface area contributed by atoms with Crippen molar-refractivity contribution < 1.29 is 24.3 Å². The summed E-state index contributed by atoms with van der Waals surface area (Å²) in [6.45, 7) is 10.0. The van der Waals surface area contributed by atoms with E-state index in [0.29, 0.717) is 11.8 Å². The first-order valence-electron chi connectivity index (χ1n) is 5.01. The van der Waals surface area contributed by atoms with Gasteiger partial charge in [0.05, 0.1) is 13.2 Å². The van der Waals surface area contributed by atoms with Crippen molar-refractivity contribution in [3.05, 3.63) is 6.92 Å². The molecule has 0 saturated carbocycles. The van der Waals surface area contributed by atoms with Crippen LogP contribution in [0.15, 0.2) is 0 Å². The fourth-order valence-electron chi connectivity index (χ4n) is 1.58. The van der Waals surface area contributed by atoms with Gasteiger partial charge in [-0.1, -0.05) is 20.3 Å². The van der Waals surface area contributed by atoms with Crippen LogP contribution in [0.4, 0.5) is 0 Å². The maximum absolute atomic E-state index is 5.34. The molecule has 0 radical (unpaired) electrons. The van der Waals surface area contributed by atoms with E-state index < -0.39 is 0 Å². The van der Waals surface area contributed by atoms with E-state index in [4.69, 9.17) is 9.47 Å². The number of hydrogen-bond donors (Lipinski definition) is 0. The standard InChI is InChI=1S/C10H19O2.HI.Zn/c1-8(2)6-9(3)7-10-11-4-5-12-10;;/h8-10H,3-7H2,1-2H3;1H;/q-1;;+2/p-1/t9-;;/m1../s1. The predicted molar refractivity (Wildman–Crippen MR) is 62.6 cm³/mol. The van der Waals surface area contributed by atoms with Gasteiger partial charge in [-0.2, -0.15) is 5.92 Å². The molecule has 2 nitrogen and oxygen atoms in total. The summed E-state index contributed by atoms with van der Waals surface area (Å²) in [5.41, 5.74) is 0. The molecule has 1 atom stereocenters. The zero-order valence-electron chi connectivity index (χ0n) is 9.17. The van der Waals surface area contributed by atoms with E-state index in [1.165, 1.54) is 14.8 Å². The van der Waals surface area contributed by atoms with Gasteiger partial charge in [-0.3, -0.25) is 0 Å². The molecule has 1 rings (SSSR count). The van der Waals surface area contributed by atoms with Gasteiger partial charge in [-0.25, -0.2) is 0 Å². The maximum atomic E-state index is 5.34. The molecule has 14 heavy (non-hydrogen) atoms. The van der Waals surface area contributed by atoms with Crippen LogP contribution >= 0.6 is 19.8 Å². The van der Waals surface area contributed by atoms with Gasteiger partial charge in [-0.05, 0) is 12.3 Å². The molecule has 0 spiro atoms. The molecule has 1 heterocycles. The topological polar surface area (TPSA) is 18.5 Å². The number of hydrogen-bond acceptors (Lipinski definition) is 2. The van der Waals surface area contributed by atoms with Gasteiger partial charge in [0.15, 0.2) is 6.29 Å². The molecule has 1 saturated heterocycles. The fraction of sp³-hybridized carbons (Fsp3) is 0.900. The molecule has 0 aromatic rings. The first-order chi connectivity index (χ1) is 6.68. The summed E-state index contributed by atoms with van der Waals surface area (Å²) in [6, 6.07) is 0. The minimum absolute atomic E-state index is 0.0197. The Morgan fingerprint density at radius 3 is 2.29 bits per heavy atom. The van der Waals surface area contributed by atoms with Crippen molar-refractivity contribution in [2.45, 2.75) is 33.0 Å². The summed E-state index contributed by atoms with van der Waals surface area (Å²) in [4.78, 5) is 0. The van der Waals surface area contributed by atoms with Gasteiger partial charge >= 0.3 is 34.5 Å². The summed E-state index contributed by atoms with van der Waals surface area (Å²) in [7, 11) is 0. The molecular formula is C10H19IO2Zn. The van der Waals surface area contributed by atoms with Crippen molar-refractivity contribution in [1.82, 2.24) is 0 Å². The van der Waals surface area contributed by atoms with Crippen LogP contribution in [0.25, 0.3) is 0 Å². The van der Waals surface area contributed by atoms with E-state index in [-0.39, 0.29) is 6.29 Å². The zero-order chi connectivity index (χ0) is 11.0. The second-order valence-corrected chi connectivity index (χ2v) is 3.90. The second-order valence-electron chi connectivity index (χ2n) is 3.90. The molecule has 0 aliphatic carbocycles. The summed E-state index contributed by atoms with van der Waals surface area (Å²) < 4.78 is 10.7. The van der Waals surface area contributed by atoms with Crippen LogP contribution in [0, 0.1) is 18.8 Å². The molecule has 1 fully saturated rings. The number of rotatable bonds is 4. The van der Waals surface area contributed by atoms with Crippen LogP contribution < -0.4 is 0 Å². The molecule has 0 aromatic heterocycles. The summed E-state index contributed by atoms with van der Waals surface area (Å²) >= 11 is 3.62. The third kappa shape index (κ3) is 7.55. The molecule has 1 aliphatic heterocycles. The first-order valence-corrected chi connectivity index (χ1v) is 14.1. The van der Waals surface area contributed by atoms with Crippen LogP contribution in [0.1, 0.15) is 26.7 Å². The van der Waals surface area contributed by atoms with Crippen molar-refractivity contribution >= 4 is 19.8 Å². The van der Waals surface area contributed by atoms with Crippen molar-refractivity contribution in [2.75, 3.05) is 13.2 Å². The third-order valence-electron chi connectivity index (χ3n) is 2.02. The van der Waals surface area contributed by atoms with Crippen molar-refractivity contribution in [1.29, 1.82) is 0 Å². The van der Waals surface area contributed by atoms with Crippen LogP contribution in [-0.4, -0.2) is 19.5 Å². The average Bonchev–Trinajstić information content (AvgIpc) is 2.59. The Morgan fingerprint density at radius 2 is 1.86 bits per heavy atom. The molecular weight excluding hydrogens is 344 g/mol. The zero-order valence-corrected chi connectivity index (χ0v) is 14.3. The van der Waals surface area contributed by atoms with Gasteiger partial charge in [-0.15, -0.1) is 0 Å². The Balaban J connectivity index is 0.000000791. The van der Waals surface area contributed by atoms with Gasteiger partial charge in [0.1, 0.15) is 0 Å². The van der Waals surface area contributed by atoms with Crippen LogP contribution in [0.5, 0.6) is 0 Å². The predicted octanol–water partition coefficient (Wildman–Crippen LogP) is 3.13. The van der Waals surface area contributed by atoms with Gasteiger partial charge < -0.3 is 16.4 Å². The second kappa shape index (κ2) is 9.50. The van der Waals surface area contributed by atoms with E-state index in [0.717, 1.165) is 26.1 Å². The van der Waals surface area contributed by atoms with E-state index in [1.54, 1.807) is 0 Å². The molecule has 0 aromatic carbocycles. The van der Waals surface area contributed by atoms with Gasteiger partial charge in [0.2, 0.25) is 0 Å².